The van der Waals surface area contributed by atoms with Crippen molar-refractivity contribution in [3.8, 4) is 0 Å². The van der Waals surface area contributed by atoms with Crippen LogP contribution >= 0.6 is 0 Å². The first-order valence-corrected chi connectivity index (χ1v) is 9.36. The Hall–Kier alpha value is -0.300. The van der Waals surface area contributed by atoms with Crippen LogP contribution < -0.4 is 0 Å². The minimum absolute atomic E-state index is 0. The van der Waals surface area contributed by atoms with Crippen LogP contribution in [-0.2, 0) is 12.8 Å². The molecule has 0 saturated carbocycles. The molecular weight excluding hydrogens is 287 g/mol. The van der Waals surface area contributed by atoms with Gasteiger partial charge in [0.05, 0.1) is 0 Å². The van der Waals surface area contributed by atoms with Crippen molar-refractivity contribution in [2.24, 2.45) is 0 Å². The Labute approximate surface area is 165 Å². The van der Waals surface area contributed by atoms with Crippen molar-refractivity contribution < 1.29 is 0 Å². The zero-order chi connectivity index (χ0) is 15.6. The van der Waals surface area contributed by atoms with Gasteiger partial charge < -0.3 is 0 Å². The Morgan fingerprint density at radius 3 is 2.00 bits per heavy atom. The molecule has 2 aromatic rings. The monoisotopic (exact) mass is 319 g/mol. The molecule has 0 nitrogen and oxygen atoms in total. The van der Waals surface area contributed by atoms with E-state index in [0.29, 0.717) is 0 Å². The van der Waals surface area contributed by atoms with E-state index in [1.807, 2.05) is 0 Å². The van der Waals surface area contributed by atoms with Gasteiger partial charge in [-0.1, -0.05) is 88.8 Å². The van der Waals surface area contributed by atoms with E-state index in [-0.39, 0.29) is 29.6 Å². The van der Waals surface area contributed by atoms with Gasteiger partial charge in [-0.05, 0) is 47.6 Å². The molecule has 0 heterocycles. The van der Waals surface area contributed by atoms with E-state index in [2.05, 4.69) is 50.2 Å². The Morgan fingerprint density at radius 1 is 0.652 bits per heavy atom. The SMILES string of the molecule is CCCCCCc1ccc2ccccc2c1CCCCCC.[Na]. The molecule has 121 valence electrons. The van der Waals surface area contributed by atoms with E-state index in [0.717, 1.165) is 0 Å². The topological polar surface area (TPSA) is 0 Å². The van der Waals surface area contributed by atoms with Crippen LogP contribution in [0.4, 0.5) is 0 Å². The summed E-state index contributed by atoms with van der Waals surface area (Å²) in [7, 11) is 0. The maximum atomic E-state index is 2.39. The third kappa shape index (κ3) is 6.61. The van der Waals surface area contributed by atoms with Crippen LogP contribution in [0.5, 0.6) is 0 Å². The predicted molar refractivity (Wildman–Crippen MR) is 105 cm³/mol. The number of hydrogen-bond acceptors (Lipinski definition) is 0. The molecule has 0 unspecified atom stereocenters. The van der Waals surface area contributed by atoms with E-state index in [1.54, 1.807) is 11.1 Å². The van der Waals surface area contributed by atoms with Crippen molar-refractivity contribution in [3.05, 3.63) is 47.5 Å². The van der Waals surface area contributed by atoms with E-state index < -0.39 is 0 Å². The summed E-state index contributed by atoms with van der Waals surface area (Å²) >= 11 is 0. The summed E-state index contributed by atoms with van der Waals surface area (Å²) in [5, 5.41) is 2.90. The fourth-order valence-corrected chi connectivity index (χ4v) is 3.38. The molecule has 0 spiro atoms. The second kappa shape index (κ2) is 12.1. The van der Waals surface area contributed by atoms with Gasteiger partial charge in [-0.2, -0.15) is 0 Å². The minimum atomic E-state index is 0. The molecular formula is C22H32Na. The Balaban J connectivity index is 0.00000264. The maximum Gasteiger partial charge on any atom is 0 e. The molecule has 23 heavy (non-hydrogen) atoms. The largest absolute Gasteiger partial charge is 0.0654 e. The van der Waals surface area contributed by atoms with Gasteiger partial charge in [-0.25, -0.2) is 0 Å². The van der Waals surface area contributed by atoms with Crippen molar-refractivity contribution in [1.82, 2.24) is 0 Å². The van der Waals surface area contributed by atoms with Crippen molar-refractivity contribution in [3.63, 3.8) is 0 Å². The van der Waals surface area contributed by atoms with Crippen molar-refractivity contribution >= 4 is 40.3 Å². The normalized spacial score (nSPS) is 10.7. The van der Waals surface area contributed by atoms with Crippen LogP contribution in [0.2, 0.25) is 0 Å². The predicted octanol–water partition coefficient (Wildman–Crippen LogP) is 6.70. The first kappa shape index (κ1) is 20.7. The second-order valence-electron chi connectivity index (χ2n) is 6.55. The molecule has 0 aliphatic rings. The average molecular weight is 319 g/mol. The Kier molecular flexibility index (Phi) is 10.9. The fraction of sp³-hybridized carbons (Fsp3) is 0.545. The van der Waals surface area contributed by atoms with Gasteiger partial charge in [0.2, 0.25) is 0 Å². The number of aryl methyl sites for hydroxylation is 2. The molecule has 0 atom stereocenters. The maximum absolute atomic E-state index is 2.39. The van der Waals surface area contributed by atoms with E-state index in [1.165, 1.54) is 75.0 Å². The minimum Gasteiger partial charge on any atom is -0.0654 e. The van der Waals surface area contributed by atoms with Crippen LogP contribution in [0.3, 0.4) is 0 Å². The smallest absolute Gasteiger partial charge is 0 e. The number of unbranched alkanes of at least 4 members (excludes halogenated alkanes) is 6. The van der Waals surface area contributed by atoms with Crippen LogP contribution in [0.1, 0.15) is 76.3 Å². The van der Waals surface area contributed by atoms with Crippen LogP contribution in [0.25, 0.3) is 10.8 Å². The fourth-order valence-electron chi connectivity index (χ4n) is 3.38. The van der Waals surface area contributed by atoms with Gasteiger partial charge in [-0.15, -0.1) is 0 Å². The number of fused-ring (bicyclic) bond motifs is 1. The zero-order valence-electron chi connectivity index (χ0n) is 15.5. The molecule has 0 saturated heterocycles. The summed E-state index contributed by atoms with van der Waals surface area (Å²) in [4.78, 5) is 0. The molecule has 1 radical (unpaired) electrons. The van der Waals surface area contributed by atoms with Gasteiger partial charge in [-0.3, -0.25) is 0 Å². The molecule has 2 rings (SSSR count). The molecule has 0 amide bonds. The molecule has 0 fully saturated rings. The third-order valence-electron chi connectivity index (χ3n) is 4.72. The average Bonchev–Trinajstić information content (AvgIpc) is 2.56. The number of benzene rings is 2. The van der Waals surface area contributed by atoms with Crippen molar-refractivity contribution in [2.75, 3.05) is 0 Å². The molecule has 0 bridgehead atoms. The molecule has 0 aliphatic carbocycles. The summed E-state index contributed by atoms with van der Waals surface area (Å²) in [6.07, 6.45) is 13.3. The third-order valence-corrected chi connectivity index (χ3v) is 4.72. The molecule has 1 heteroatoms. The van der Waals surface area contributed by atoms with E-state index >= 15 is 0 Å². The Morgan fingerprint density at radius 2 is 1.30 bits per heavy atom. The quantitative estimate of drug-likeness (QED) is 0.337. The van der Waals surface area contributed by atoms with Gasteiger partial charge in [0.25, 0.3) is 0 Å². The molecule has 0 aromatic heterocycles. The van der Waals surface area contributed by atoms with Gasteiger partial charge >= 0.3 is 0 Å². The van der Waals surface area contributed by atoms with E-state index in [9.17, 15) is 0 Å². The zero-order valence-corrected chi connectivity index (χ0v) is 17.5. The number of hydrogen-bond donors (Lipinski definition) is 0. The van der Waals surface area contributed by atoms with Crippen LogP contribution in [-0.4, -0.2) is 29.6 Å². The van der Waals surface area contributed by atoms with Gasteiger partial charge in [0.15, 0.2) is 0 Å². The first-order chi connectivity index (χ1) is 10.9. The molecule has 0 aliphatic heterocycles. The Bertz CT molecular complexity index is 559. The van der Waals surface area contributed by atoms with E-state index in [4.69, 9.17) is 0 Å². The van der Waals surface area contributed by atoms with Crippen LogP contribution in [0, 0.1) is 0 Å². The van der Waals surface area contributed by atoms with Gasteiger partial charge in [0, 0.05) is 29.6 Å². The summed E-state index contributed by atoms with van der Waals surface area (Å²) in [5.41, 5.74) is 3.23. The summed E-state index contributed by atoms with van der Waals surface area (Å²) in [6.45, 7) is 4.58. The van der Waals surface area contributed by atoms with Crippen molar-refractivity contribution in [2.45, 2.75) is 78.1 Å². The summed E-state index contributed by atoms with van der Waals surface area (Å²) in [5.74, 6) is 0. The van der Waals surface area contributed by atoms with Crippen molar-refractivity contribution in [1.29, 1.82) is 0 Å². The summed E-state index contributed by atoms with van der Waals surface area (Å²) < 4.78 is 0. The van der Waals surface area contributed by atoms with Gasteiger partial charge in [0.1, 0.15) is 0 Å². The molecule has 0 N–H and O–H groups in total. The first-order valence-electron chi connectivity index (χ1n) is 9.36. The molecule has 2 aromatic carbocycles. The van der Waals surface area contributed by atoms with Crippen LogP contribution in [0.15, 0.2) is 36.4 Å². The second-order valence-corrected chi connectivity index (χ2v) is 6.55. The number of rotatable bonds is 10. The standard InChI is InChI=1S/C22H32.Na/c1-3-5-7-9-13-19-17-18-20-14-11-12-16-22(20)21(19)15-10-8-6-4-2;/h11-12,14,16-18H,3-10,13,15H2,1-2H3;. The summed E-state index contributed by atoms with van der Waals surface area (Å²) in [6, 6.07) is 13.6.